The Kier molecular flexibility index (Phi) is 8.18. The highest BCUT2D eigenvalue weighted by Gasteiger charge is 2.26. The van der Waals surface area contributed by atoms with E-state index in [0.717, 1.165) is 41.0 Å². The van der Waals surface area contributed by atoms with Crippen molar-refractivity contribution >= 4 is 51.5 Å². The largest absolute Gasteiger partial charge is 0.452 e. The van der Waals surface area contributed by atoms with Gasteiger partial charge in [-0.05, 0) is 48.8 Å². The quantitative estimate of drug-likeness (QED) is 0.349. The van der Waals surface area contributed by atoms with E-state index in [2.05, 4.69) is 10.6 Å². The molecule has 0 saturated carbocycles. The van der Waals surface area contributed by atoms with Crippen LogP contribution in [0.2, 0.25) is 0 Å². The Hall–Kier alpha value is -2.49. The third-order valence-corrected chi connectivity index (χ3v) is 6.56. The van der Waals surface area contributed by atoms with Gasteiger partial charge in [-0.1, -0.05) is 6.07 Å². The van der Waals surface area contributed by atoms with Crippen molar-refractivity contribution in [2.45, 2.75) is 25.7 Å². The molecular weight excluding hydrogens is 424 g/mol. The zero-order chi connectivity index (χ0) is 21.3. The molecule has 0 saturated heterocycles. The molecule has 9 heteroatoms. The van der Waals surface area contributed by atoms with Gasteiger partial charge in [-0.3, -0.25) is 9.59 Å². The Balaban J connectivity index is 1.61. The van der Waals surface area contributed by atoms with Gasteiger partial charge < -0.3 is 20.1 Å². The molecule has 0 aliphatic heterocycles. The molecule has 0 fully saturated rings. The van der Waals surface area contributed by atoms with Crippen LogP contribution in [-0.2, 0) is 31.9 Å². The van der Waals surface area contributed by atoms with Gasteiger partial charge >= 0.3 is 5.97 Å². The van der Waals surface area contributed by atoms with Crippen molar-refractivity contribution in [2.75, 3.05) is 32.2 Å². The molecule has 1 aliphatic carbocycles. The van der Waals surface area contributed by atoms with Gasteiger partial charge in [0.15, 0.2) is 6.61 Å². The maximum absolute atomic E-state index is 12.7. The summed E-state index contributed by atoms with van der Waals surface area (Å²) in [5.74, 6) is -1.29. The molecule has 3 rings (SSSR count). The fourth-order valence-electron chi connectivity index (χ4n) is 3.13. The summed E-state index contributed by atoms with van der Waals surface area (Å²) in [7, 11) is 1.57. The molecule has 2 amide bonds. The molecule has 1 aliphatic rings. The molecule has 7 nitrogen and oxygen atoms in total. The lowest BCUT2D eigenvalue weighted by molar-refractivity contribution is -0.142. The number of nitrogens with one attached hydrogen (secondary N) is 2. The smallest absolute Gasteiger partial charge is 0.331 e. The minimum Gasteiger partial charge on any atom is -0.452 e. The summed E-state index contributed by atoms with van der Waals surface area (Å²) in [6, 6.07) is 3.76. The molecule has 0 radical (unpaired) electrons. The second kappa shape index (κ2) is 11.1. The molecule has 2 aromatic rings. The van der Waals surface area contributed by atoms with Crippen LogP contribution in [0.25, 0.3) is 6.08 Å². The van der Waals surface area contributed by atoms with Gasteiger partial charge in [-0.15, -0.1) is 22.7 Å². The summed E-state index contributed by atoms with van der Waals surface area (Å²) in [4.78, 5) is 38.9. The summed E-state index contributed by atoms with van der Waals surface area (Å²) in [5.41, 5.74) is 1.52. The van der Waals surface area contributed by atoms with Gasteiger partial charge in [0.2, 0.25) is 0 Å². The van der Waals surface area contributed by atoms with Crippen LogP contribution in [0.4, 0.5) is 5.00 Å². The van der Waals surface area contributed by atoms with E-state index in [9.17, 15) is 14.4 Å². The number of hydrogen-bond acceptors (Lipinski definition) is 7. The van der Waals surface area contributed by atoms with Gasteiger partial charge in [-0.2, -0.15) is 0 Å². The second-order valence-corrected chi connectivity index (χ2v) is 8.75. The maximum Gasteiger partial charge on any atom is 0.331 e. The summed E-state index contributed by atoms with van der Waals surface area (Å²) < 4.78 is 9.99. The number of carbonyl (C=O) groups excluding carboxylic acids is 3. The Labute approximate surface area is 183 Å². The lowest BCUT2D eigenvalue weighted by Crippen LogP contribution is -2.29. The number of esters is 1. The Bertz CT molecular complexity index is 918. The zero-order valence-electron chi connectivity index (χ0n) is 16.7. The third kappa shape index (κ3) is 6.01. The first-order valence-electron chi connectivity index (χ1n) is 9.68. The van der Waals surface area contributed by atoms with Gasteiger partial charge in [-0.25, -0.2) is 4.79 Å². The number of carbonyl (C=O) groups is 3. The lowest BCUT2D eigenvalue weighted by Gasteiger charge is -2.13. The number of rotatable bonds is 9. The number of hydrogen-bond donors (Lipinski definition) is 2. The van der Waals surface area contributed by atoms with Crippen molar-refractivity contribution in [1.29, 1.82) is 0 Å². The van der Waals surface area contributed by atoms with Crippen LogP contribution in [0.1, 0.15) is 38.5 Å². The topological polar surface area (TPSA) is 93.7 Å². The van der Waals surface area contributed by atoms with Crippen molar-refractivity contribution in [3.63, 3.8) is 0 Å². The highest BCUT2D eigenvalue weighted by molar-refractivity contribution is 7.17. The van der Waals surface area contributed by atoms with Crippen LogP contribution in [0.15, 0.2) is 23.6 Å². The number of amides is 2. The molecule has 0 aromatic carbocycles. The number of ether oxygens (including phenoxy) is 2. The molecule has 2 heterocycles. The summed E-state index contributed by atoms with van der Waals surface area (Å²) in [6.45, 7) is 0.386. The third-order valence-electron chi connectivity index (χ3n) is 4.52. The van der Waals surface area contributed by atoms with Crippen molar-refractivity contribution in [3.05, 3.63) is 44.5 Å². The molecule has 160 valence electrons. The van der Waals surface area contributed by atoms with Crippen LogP contribution in [-0.4, -0.2) is 44.7 Å². The van der Waals surface area contributed by atoms with Crippen molar-refractivity contribution < 1.29 is 23.9 Å². The fraction of sp³-hybridized carbons (Fsp3) is 0.381. The van der Waals surface area contributed by atoms with Crippen molar-refractivity contribution in [2.24, 2.45) is 0 Å². The number of fused-ring (bicyclic) bond motifs is 1. The van der Waals surface area contributed by atoms with Crippen LogP contribution in [0.3, 0.4) is 0 Å². The maximum atomic E-state index is 12.7. The minimum absolute atomic E-state index is 0.224. The monoisotopic (exact) mass is 448 g/mol. The number of aryl methyl sites for hydroxylation is 1. The number of anilines is 1. The normalized spacial score (nSPS) is 13.1. The average Bonchev–Trinajstić information content (AvgIpc) is 3.38. The van der Waals surface area contributed by atoms with Crippen LogP contribution in [0.5, 0.6) is 0 Å². The molecule has 30 heavy (non-hydrogen) atoms. The standard InChI is InChI=1S/C21H24N2O5S2/c1-27-11-10-22-20(26)19-15-6-2-3-7-16(15)30-21(19)23-17(24)13-28-18(25)9-8-14-5-4-12-29-14/h4-5,8-9,12H,2-3,6-7,10-11,13H2,1H3,(H,22,26)(H,23,24)/b9-8+. The highest BCUT2D eigenvalue weighted by atomic mass is 32.1. The average molecular weight is 449 g/mol. The predicted molar refractivity (Wildman–Crippen MR) is 118 cm³/mol. The summed E-state index contributed by atoms with van der Waals surface area (Å²) >= 11 is 2.92. The van der Waals surface area contributed by atoms with E-state index in [1.165, 1.54) is 28.7 Å². The molecule has 2 N–H and O–H groups in total. The SMILES string of the molecule is COCCNC(=O)c1c(NC(=O)COC(=O)/C=C/c2cccs2)sc2c1CCCC2. The van der Waals surface area contributed by atoms with E-state index in [4.69, 9.17) is 9.47 Å². The first-order chi connectivity index (χ1) is 14.6. The zero-order valence-corrected chi connectivity index (χ0v) is 18.3. The molecule has 0 bridgehead atoms. The van der Waals surface area contributed by atoms with Gasteiger partial charge in [0.05, 0.1) is 12.2 Å². The van der Waals surface area contributed by atoms with Crippen LogP contribution < -0.4 is 10.6 Å². The second-order valence-electron chi connectivity index (χ2n) is 6.67. The fourth-order valence-corrected chi connectivity index (χ4v) is 5.05. The molecular formula is C21H24N2O5S2. The number of thiophene rings is 2. The summed E-state index contributed by atoms with van der Waals surface area (Å²) in [5, 5.41) is 7.99. The Morgan fingerprint density at radius 1 is 1.23 bits per heavy atom. The van der Waals surface area contributed by atoms with Gasteiger partial charge in [0, 0.05) is 29.5 Å². The minimum atomic E-state index is -0.596. The van der Waals surface area contributed by atoms with Gasteiger partial charge in [0.1, 0.15) is 5.00 Å². The Morgan fingerprint density at radius 2 is 2.07 bits per heavy atom. The predicted octanol–water partition coefficient (Wildman–Crippen LogP) is 3.26. The first kappa shape index (κ1) is 22.2. The van der Waals surface area contributed by atoms with Crippen LogP contribution in [0, 0.1) is 0 Å². The first-order valence-corrected chi connectivity index (χ1v) is 11.4. The van der Waals surface area contributed by atoms with E-state index in [0.29, 0.717) is 23.7 Å². The van der Waals surface area contributed by atoms with E-state index in [-0.39, 0.29) is 5.91 Å². The molecule has 2 aromatic heterocycles. The molecule has 0 unspecified atom stereocenters. The van der Waals surface area contributed by atoms with E-state index >= 15 is 0 Å². The lowest BCUT2D eigenvalue weighted by atomic mass is 9.95. The molecule has 0 spiro atoms. The number of methoxy groups -OCH3 is 1. The van der Waals surface area contributed by atoms with Crippen molar-refractivity contribution in [1.82, 2.24) is 5.32 Å². The van der Waals surface area contributed by atoms with Gasteiger partial charge in [0.25, 0.3) is 11.8 Å². The summed E-state index contributed by atoms with van der Waals surface area (Å²) in [6.07, 6.45) is 6.73. The van der Waals surface area contributed by atoms with Crippen molar-refractivity contribution in [3.8, 4) is 0 Å². The van der Waals surface area contributed by atoms with E-state index in [1.807, 2.05) is 17.5 Å². The Morgan fingerprint density at radius 3 is 2.83 bits per heavy atom. The highest BCUT2D eigenvalue weighted by Crippen LogP contribution is 2.38. The molecule has 0 atom stereocenters. The van der Waals surface area contributed by atoms with Crippen LogP contribution >= 0.6 is 22.7 Å². The van der Waals surface area contributed by atoms with E-state index in [1.54, 1.807) is 13.2 Å². The van der Waals surface area contributed by atoms with E-state index < -0.39 is 18.5 Å².